The van der Waals surface area contributed by atoms with Gasteiger partial charge in [0, 0.05) is 28.8 Å². The quantitative estimate of drug-likeness (QED) is 0.420. The van der Waals surface area contributed by atoms with Crippen molar-refractivity contribution >= 4 is 39.7 Å². The molecule has 1 aliphatic rings. The molecule has 3 N–H and O–H groups in total. The van der Waals surface area contributed by atoms with Gasteiger partial charge in [-0.05, 0) is 43.7 Å². The lowest BCUT2D eigenvalue weighted by molar-refractivity contribution is -0.143. The van der Waals surface area contributed by atoms with Gasteiger partial charge in [0.25, 0.3) is 0 Å². The molecule has 35 heavy (non-hydrogen) atoms. The number of carbonyl (C=O) groups excluding carboxylic acids is 2. The van der Waals surface area contributed by atoms with Crippen molar-refractivity contribution in [1.82, 2.24) is 10.6 Å². The Labute approximate surface area is 201 Å². The SMILES string of the molecule is CC[C@@H](C)[C@H](NC(=O)CNC(=O)Cc1c(C)c2cc3c4c(oc3cc2oc1=O)CCCC4)C(=O)O. The summed E-state index contributed by atoms with van der Waals surface area (Å²) in [5.41, 5.74) is 2.54. The molecule has 2 heterocycles. The molecular formula is C26H30N2O7. The number of carboxylic acid groups (broad SMARTS) is 1. The average molecular weight is 483 g/mol. The Hall–Kier alpha value is -3.62. The molecule has 0 bridgehead atoms. The van der Waals surface area contributed by atoms with Crippen LogP contribution >= 0.6 is 0 Å². The van der Waals surface area contributed by atoms with Crippen LogP contribution in [0.25, 0.3) is 21.9 Å². The first-order valence-corrected chi connectivity index (χ1v) is 12.0. The van der Waals surface area contributed by atoms with E-state index < -0.39 is 36.0 Å². The molecule has 0 spiro atoms. The normalized spacial score (nSPS) is 14.9. The number of fused-ring (bicyclic) bond motifs is 4. The molecule has 0 fully saturated rings. The molecule has 0 saturated heterocycles. The predicted molar refractivity (Wildman–Crippen MR) is 129 cm³/mol. The highest BCUT2D eigenvalue weighted by Gasteiger charge is 2.26. The topological polar surface area (TPSA) is 139 Å². The minimum Gasteiger partial charge on any atom is -0.480 e. The summed E-state index contributed by atoms with van der Waals surface area (Å²) in [6.45, 7) is 4.94. The van der Waals surface area contributed by atoms with Crippen molar-refractivity contribution in [2.45, 2.75) is 65.3 Å². The van der Waals surface area contributed by atoms with Gasteiger partial charge in [-0.3, -0.25) is 9.59 Å². The summed E-state index contributed by atoms with van der Waals surface area (Å²) in [5.74, 6) is -1.55. The van der Waals surface area contributed by atoms with Gasteiger partial charge in [-0.2, -0.15) is 0 Å². The second-order valence-corrected chi connectivity index (χ2v) is 9.27. The van der Waals surface area contributed by atoms with Gasteiger partial charge >= 0.3 is 11.6 Å². The third-order valence-corrected chi connectivity index (χ3v) is 6.94. The van der Waals surface area contributed by atoms with Gasteiger partial charge in [-0.1, -0.05) is 20.3 Å². The van der Waals surface area contributed by atoms with E-state index in [0.29, 0.717) is 23.2 Å². The van der Waals surface area contributed by atoms with E-state index in [4.69, 9.17) is 8.83 Å². The van der Waals surface area contributed by atoms with Crippen LogP contribution in [-0.4, -0.2) is 35.5 Å². The molecule has 4 rings (SSSR count). The Balaban J connectivity index is 1.51. The molecule has 2 aromatic heterocycles. The fourth-order valence-corrected chi connectivity index (χ4v) is 4.66. The number of carbonyl (C=O) groups is 3. The lowest BCUT2D eigenvalue weighted by Crippen LogP contribution is -2.48. The number of rotatable bonds is 8. The molecule has 9 heteroatoms. The van der Waals surface area contributed by atoms with E-state index in [1.807, 2.05) is 13.0 Å². The maximum Gasteiger partial charge on any atom is 0.340 e. The molecule has 3 aromatic rings. The van der Waals surface area contributed by atoms with Crippen LogP contribution < -0.4 is 16.3 Å². The van der Waals surface area contributed by atoms with Crippen molar-refractivity contribution in [3.8, 4) is 0 Å². The molecule has 1 aromatic carbocycles. The molecule has 0 unspecified atom stereocenters. The van der Waals surface area contributed by atoms with Crippen molar-refractivity contribution in [2.24, 2.45) is 5.92 Å². The van der Waals surface area contributed by atoms with Crippen molar-refractivity contribution < 1.29 is 28.3 Å². The van der Waals surface area contributed by atoms with Gasteiger partial charge in [-0.15, -0.1) is 0 Å². The summed E-state index contributed by atoms with van der Waals surface area (Å²) in [6, 6.07) is 2.67. The van der Waals surface area contributed by atoms with Gasteiger partial charge in [-0.25, -0.2) is 9.59 Å². The smallest absolute Gasteiger partial charge is 0.340 e. The first-order valence-electron chi connectivity index (χ1n) is 12.0. The molecule has 0 aliphatic heterocycles. The van der Waals surface area contributed by atoms with E-state index in [1.54, 1.807) is 19.9 Å². The number of nitrogens with one attached hydrogen (secondary N) is 2. The molecule has 186 valence electrons. The molecule has 2 amide bonds. The Kier molecular flexibility index (Phi) is 6.95. The van der Waals surface area contributed by atoms with Crippen LogP contribution in [0.15, 0.2) is 25.8 Å². The Bertz CT molecular complexity index is 1370. The van der Waals surface area contributed by atoms with Crippen LogP contribution in [0.5, 0.6) is 0 Å². The number of furan rings is 1. The van der Waals surface area contributed by atoms with Crippen LogP contribution in [-0.2, 0) is 33.6 Å². The summed E-state index contributed by atoms with van der Waals surface area (Å²) < 4.78 is 11.5. The summed E-state index contributed by atoms with van der Waals surface area (Å²) in [7, 11) is 0. The number of hydrogen-bond acceptors (Lipinski definition) is 6. The number of carboxylic acids is 1. The van der Waals surface area contributed by atoms with E-state index in [2.05, 4.69) is 10.6 Å². The summed E-state index contributed by atoms with van der Waals surface area (Å²) in [6.07, 6.45) is 4.35. The van der Waals surface area contributed by atoms with E-state index >= 15 is 0 Å². The lowest BCUT2D eigenvalue weighted by atomic mass is 9.94. The zero-order valence-corrected chi connectivity index (χ0v) is 20.2. The Morgan fingerprint density at radius 3 is 2.49 bits per heavy atom. The number of aryl methyl sites for hydroxylation is 3. The van der Waals surface area contributed by atoms with E-state index in [1.165, 1.54) is 5.56 Å². The molecule has 2 atom stereocenters. The second kappa shape index (κ2) is 9.93. The van der Waals surface area contributed by atoms with Crippen molar-refractivity contribution in [3.05, 3.63) is 45.0 Å². The molecule has 0 saturated carbocycles. The summed E-state index contributed by atoms with van der Waals surface area (Å²) >= 11 is 0. The Morgan fingerprint density at radius 2 is 1.77 bits per heavy atom. The maximum absolute atomic E-state index is 12.7. The average Bonchev–Trinajstić information content (AvgIpc) is 3.19. The van der Waals surface area contributed by atoms with Gasteiger partial charge in [0.15, 0.2) is 0 Å². The van der Waals surface area contributed by atoms with Crippen molar-refractivity contribution in [1.29, 1.82) is 0 Å². The number of hydrogen-bond donors (Lipinski definition) is 3. The third kappa shape index (κ3) is 4.94. The van der Waals surface area contributed by atoms with E-state index in [0.717, 1.165) is 42.2 Å². The maximum atomic E-state index is 12.7. The highest BCUT2D eigenvalue weighted by atomic mass is 16.4. The van der Waals surface area contributed by atoms with E-state index in [9.17, 15) is 24.3 Å². The predicted octanol–water partition coefficient (Wildman–Crippen LogP) is 3.00. The van der Waals surface area contributed by atoms with Crippen LogP contribution in [0.2, 0.25) is 0 Å². The second-order valence-electron chi connectivity index (χ2n) is 9.27. The van der Waals surface area contributed by atoms with Crippen molar-refractivity contribution in [2.75, 3.05) is 6.54 Å². The standard InChI is InChI=1S/C26H30N2O7/c1-4-13(2)24(25(31)32)28-23(30)12-27-22(29)10-17-14(3)16-9-18-15-7-5-6-8-19(15)34-21(18)11-20(16)35-26(17)33/h9,11,13,24H,4-8,10,12H2,1-3H3,(H,27,29)(H,28,30)(H,31,32)/t13-,24+/m1/s1. The molecule has 9 nitrogen and oxygen atoms in total. The number of aliphatic carboxylic acids is 1. The van der Waals surface area contributed by atoms with Crippen molar-refractivity contribution in [3.63, 3.8) is 0 Å². The largest absolute Gasteiger partial charge is 0.480 e. The van der Waals surface area contributed by atoms with Crippen LogP contribution in [0.3, 0.4) is 0 Å². The Morgan fingerprint density at radius 1 is 1.06 bits per heavy atom. The summed E-state index contributed by atoms with van der Waals surface area (Å²) in [4.78, 5) is 48.8. The monoisotopic (exact) mass is 482 g/mol. The molecule has 0 radical (unpaired) electrons. The zero-order valence-electron chi connectivity index (χ0n) is 20.2. The first kappa shape index (κ1) is 24.5. The van der Waals surface area contributed by atoms with Gasteiger partial charge in [0.05, 0.1) is 18.5 Å². The van der Waals surface area contributed by atoms with Crippen LogP contribution in [0, 0.1) is 12.8 Å². The lowest BCUT2D eigenvalue weighted by Gasteiger charge is -2.20. The summed E-state index contributed by atoms with van der Waals surface area (Å²) in [5, 5.41) is 15.9. The number of benzene rings is 1. The van der Waals surface area contributed by atoms with Crippen LogP contribution in [0.1, 0.15) is 55.6 Å². The zero-order chi connectivity index (χ0) is 25.3. The minimum atomic E-state index is -1.13. The van der Waals surface area contributed by atoms with Gasteiger partial charge in [0.1, 0.15) is 23.0 Å². The fraction of sp³-hybridized carbons (Fsp3) is 0.462. The fourth-order valence-electron chi connectivity index (χ4n) is 4.66. The molecule has 1 aliphatic carbocycles. The highest BCUT2D eigenvalue weighted by molar-refractivity contribution is 5.97. The molecular weight excluding hydrogens is 452 g/mol. The first-order chi connectivity index (χ1) is 16.7. The van der Waals surface area contributed by atoms with Crippen LogP contribution in [0.4, 0.5) is 0 Å². The number of amides is 2. The third-order valence-electron chi connectivity index (χ3n) is 6.94. The highest BCUT2D eigenvalue weighted by Crippen LogP contribution is 2.35. The van der Waals surface area contributed by atoms with E-state index in [-0.39, 0.29) is 17.9 Å². The minimum absolute atomic E-state index is 0.218. The van der Waals surface area contributed by atoms with Gasteiger partial charge in [0.2, 0.25) is 11.8 Å². The van der Waals surface area contributed by atoms with Gasteiger partial charge < -0.3 is 24.6 Å².